The predicted molar refractivity (Wildman–Crippen MR) is 85.0 cm³/mol. The minimum absolute atomic E-state index is 0.0722. The molecule has 0 spiro atoms. The molecule has 0 amide bonds. The zero-order chi connectivity index (χ0) is 14.4. The van der Waals surface area contributed by atoms with Gasteiger partial charge in [-0.15, -0.1) is 11.8 Å². The van der Waals surface area contributed by atoms with Crippen molar-refractivity contribution in [3.63, 3.8) is 0 Å². The van der Waals surface area contributed by atoms with E-state index in [9.17, 15) is 0 Å². The Labute approximate surface area is 125 Å². The fraction of sp³-hybridized carbons (Fsp3) is 0.533. The molecule has 1 aromatic rings. The summed E-state index contributed by atoms with van der Waals surface area (Å²) in [6, 6.07) is 5.82. The first-order chi connectivity index (χ1) is 9.72. The van der Waals surface area contributed by atoms with E-state index in [1.807, 2.05) is 24.5 Å². The number of nitrogens with two attached hydrogens (primary N) is 1. The molecule has 1 heterocycles. The minimum atomic E-state index is 0.0722. The van der Waals surface area contributed by atoms with Crippen molar-refractivity contribution in [3.05, 3.63) is 23.8 Å². The van der Waals surface area contributed by atoms with Crippen molar-refractivity contribution in [2.75, 3.05) is 32.5 Å². The number of amidine groups is 1. The van der Waals surface area contributed by atoms with E-state index >= 15 is 0 Å². The van der Waals surface area contributed by atoms with Crippen LogP contribution in [-0.2, 0) is 0 Å². The molecule has 0 aliphatic carbocycles. The summed E-state index contributed by atoms with van der Waals surface area (Å²) in [4.78, 5) is 3.43. The van der Waals surface area contributed by atoms with E-state index in [4.69, 9.17) is 15.9 Å². The van der Waals surface area contributed by atoms with Crippen LogP contribution in [0.2, 0.25) is 0 Å². The Bertz CT molecular complexity index is 458. The largest absolute Gasteiger partial charge is 0.491 e. The Balaban J connectivity index is 1.96. The highest BCUT2D eigenvalue weighted by molar-refractivity contribution is 7.98. The van der Waals surface area contributed by atoms with E-state index in [2.05, 4.69) is 4.90 Å². The number of nitrogen functional groups attached to an aromatic ring is 1. The molecule has 1 aliphatic rings. The number of thioether (sulfide) groups is 1. The summed E-state index contributed by atoms with van der Waals surface area (Å²) in [7, 11) is 0. The van der Waals surface area contributed by atoms with Gasteiger partial charge in [0.05, 0.1) is 5.56 Å². The van der Waals surface area contributed by atoms with Crippen molar-refractivity contribution in [3.8, 4) is 5.75 Å². The van der Waals surface area contributed by atoms with Crippen LogP contribution in [0.3, 0.4) is 0 Å². The fourth-order valence-corrected chi connectivity index (χ4v) is 3.16. The van der Waals surface area contributed by atoms with Gasteiger partial charge in [-0.25, -0.2) is 0 Å². The molecule has 5 heteroatoms. The Morgan fingerprint density at radius 1 is 1.35 bits per heavy atom. The molecule has 1 aliphatic heterocycles. The zero-order valence-corrected chi connectivity index (χ0v) is 12.8. The summed E-state index contributed by atoms with van der Waals surface area (Å²) >= 11 is 1.59. The second-order valence-electron chi connectivity index (χ2n) is 5.00. The molecule has 1 saturated heterocycles. The smallest absolute Gasteiger partial charge is 0.131 e. The number of nitrogens with zero attached hydrogens (tertiary/aromatic N) is 1. The van der Waals surface area contributed by atoms with E-state index in [0.717, 1.165) is 22.8 Å². The molecular formula is C15H23N3OS. The number of piperidine rings is 1. The van der Waals surface area contributed by atoms with Crippen LogP contribution in [0.5, 0.6) is 5.75 Å². The maximum absolute atomic E-state index is 7.73. The molecule has 4 nitrogen and oxygen atoms in total. The molecular weight excluding hydrogens is 270 g/mol. The van der Waals surface area contributed by atoms with Crippen LogP contribution in [-0.4, -0.2) is 43.2 Å². The monoisotopic (exact) mass is 293 g/mol. The molecule has 0 aromatic heterocycles. The zero-order valence-electron chi connectivity index (χ0n) is 12.0. The van der Waals surface area contributed by atoms with Gasteiger partial charge in [0.25, 0.3) is 0 Å². The average Bonchev–Trinajstić information content (AvgIpc) is 2.47. The van der Waals surface area contributed by atoms with Gasteiger partial charge >= 0.3 is 0 Å². The maximum atomic E-state index is 7.73. The van der Waals surface area contributed by atoms with Crippen molar-refractivity contribution >= 4 is 17.6 Å². The van der Waals surface area contributed by atoms with Gasteiger partial charge < -0.3 is 10.5 Å². The van der Waals surface area contributed by atoms with E-state index in [0.29, 0.717) is 6.61 Å². The van der Waals surface area contributed by atoms with Crippen LogP contribution in [0.1, 0.15) is 24.8 Å². The summed E-state index contributed by atoms with van der Waals surface area (Å²) in [6.45, 7) is 3.94. The first kappa shape index (κ1) is 15.2. The van der Waals surface area contributed by atoms with Crippen molar-refractivity contribution in [2.24, 2.45) is 5.73 Å². The number of ether oxygens (including phenoxy) is 1. The third-order valence-corrected chi connectivity index (χ3v) is 4.37. The molecule has 2 rings (SSSR count). The second kappa shape index (κ2) is 7.55. The van der Waals surface area contributed by atoms with Gasteiger partial charge in [-0.1, -0.05) is 12.5 Å². The SMILES string of the molecule is CSc1cccc(OCCN2CCCCC2)c1C(=N)N. The summed E-state index contributed by atoms with van der Waals surface area (Å²) in [5.41, 5.74) is 6.41. The highest BCUT2D eigenvalue weighted by Crippen LogP contribution is 2.28. The van der Waals surface area contributed by atoms with Crippen molar-refractivity contribution in [1.29, 1.82) is 5.41 Å². The summed E-state index contributed by atoms with van der Waals surface area (Å²) in [5, 5.41) is 7.73. The lowest BCUT2D eigenvalue weighted by molar-refractivity contribution is 0.183. The van der Waals surface area contributed by atoms with Gasteiger partial charge in [-0.3, -0.25) is 10.3 Å². The van der Waals surface area contributed by atoms with Gasteiger partial charge in [0.15, 0.2) is 0 Å². The van der Waals surface area contributed by atoms with Crippen molar-refractivity contribution in [1.82, 2.24) is 4.90 Å². The van der Waals surface area contributed by atoms with Crippen LogP contribution in [0.25, 0.3) is 0 Å². The van der Waals surface area contributed by atoms with E-state index in [-0.39, 0.29) is 5.84 Å². The molecule has 0 unspecified atom stereocenters. The predicted octanol–water partition coefficient (Wildman–Crippen LogP) is 2.56. The number of likely N-dealkylation sites (tertiary alicyclic amines) is 1. The standard InChI is InChI=1S/C15H23N3OS/c1-20-13-7-5-6-12(14(13)15(16)17)19-11-10-18-8-3-2-4-9-18/h5-7H,2-4,8-11H2,1H3,(H3,16,17). The molecule has 1 fully saturated rings. The van der Waals surface area contributed by atoms with Crippen LogP contribution < -0.4 is 10.5 Å². The highest BCUT2D eigenvalue weighted by atomic mass is 32.2. The lowest BCUT2D eigenvalue weighted by Crippen LogP contribution is -2.33. The van der Waals surface area contributed by atoms with E-state index < -0.39 is 0 Å². The lowest BCUT2D eigenvalue weighted by Gasteiger charge is -2.26. The van der Waals surface area contributed by atoms with Gasteiger partial charge in [0.2, 0.25) is 0 Å². The Kier molecular flexibility index (Phi) is 5.73. The normalized spacial score (nSPS) is 16.1. The third-order valence-electron chi connectivity index (χ3n) is 3.59. The Morgan fingerprint density at radius 3 is 2.75 bits per heavy atom. The average molecular weight is 293 g/mol. The minimum Gasteiger partial charge on any atom is -0.491 e. The van der Waals surface area contributed by atoms with Gasteiger partial charge in [0.1, 0.15) is 18.2 Å². The highest BCUT2D eigenvalue weighted by Gasteiger charge is 2.13. The van der Waals surface area contributed by atoms with Gasteiger partial charge in [-0.2, -0.15) is 0 Å². The number of rotatable bonds is 6. The third kappa shape index (κ3) is 3.90. The molecule has 20 heavy (non-hydrogen) atoms. The first-order valence-electron chi connectivity index (χ1n) is 7.09. The summed E-state index contributed by atoms with van der Waals surface area (Å²) < 4.78 is 5.87. The van der Waals surface area contributed by atoms with Crippen molar-refractivity contribution < 1.29 is 4.74 Å². The van der Waals surface area contributed by atoms with Crippen molar-refractivity contribution in [2.45, 2.75) is 24.2 Å². The number of hydrogen-bond donors (Lipinski definition) is 2. The molecule has 0 atom stereocenters. The first-order valence-corrected chi connectivity index (χ1v) is 8.31. The summed E-state index contributed by atoms with van der Waals surface area (Å²) in [6.07, 6.45) is 5.92. The molecule has 3 N–H and O–H groups in total. The van der Waals surface area contributed by atoms with Crippen LogP contribution in [0.15, 0.2) is 23.1 Å². The van der Waals surface area contributed by atoms with Crippen LogP contribution in [0, 0.1) is 5.41 Å². The Hall–Kier alpha value is -1.20. The molecule has 0 saturated carbocycles. The topological polar surface area (TPSA) is 62.3 Å². The summed E-state index contributed by atoms with van der Waals surface area (Å²) in [5.74, 6) is 0.796. The molecule has 0 bridgehead atoms. The van der Waals surface area contributed by atoms with Gasteiger partial charge in [0, 0.05) is 11.4 Å². The van der Waals surface area contributed by atoms with Crippen LogP contribution >= 0.6 is 11.8 Å². The lowest BCUT2D eigenvalue weighted by atomic mass is 10.1. The fourth-order valence-electron chi connectivity index (χ4n) is 2.53. The Morgan fingerprint density at radius 2 is 2.10 bits per heavy atom. The quantitative estimate of drug-likeness (QED) is 0.481. The van der Waals surface area contributed by atoms with Crippen LogP contribution in [0.4, 0.5) is 0 Å². The molecule has 1 aromatic carbocycles. The second-order valence-corrected chi connectivity index (χ2v) is 5.85. The van der Waals surface area contributed by atoms with E-state index in [1.165, 1.54) is 32.4 Å². The maximum Gasteiger partial charge on any atom is 0.131 e. The molecule has 0 radical (unpaired) electrons. The number of benzene rings is 1. The van der Waals surface area contributed by atoms with E-state index in [1.54, 1.807) is 11.8 Å². The number of nitrogens with one attached hydrogen (secondary N) is 1. The number of hydrogen-bond acceptors (Lipinski definition) is 4. The molecule has 110 valence electrons. The van der Waals surface area contributed by atoms with Gasteiger partial charge in [-0.05, 0) is 44.3 Å².